The number of thioether (sulfide) groups is 1. The predicted molar refractivity (Wildman–Crippen MR) is 97.6 cm³/mol. The number of fused-ring (bicyclic) bond motifs is 1. The first kappa shape index (κ1) is 17.4. The van der Waals surface area contributed by atoms with E-state index in [-0.39, 0.29) is 30.3 Å². The second kappa shape index (κ2) is 6.83. The molecule has 1 aliphatic carbocycles. The Balaban J connectivity index is 0.00000156. The first-order chi connectivity index (χ1) is 10.7. The van der Waals surface area contributed by atoms with E-state index >= 15 is 0 Å². The summed E-state index contributed by atoms with van der Waals surface area (Å²) in [6.07, 6.45) is 4.36. The molecule has 2 aliphatic heterocycles. The Labute approximate surface area is 152 Å². The van der Waals surface area contributed by atoms with Crippen LogP contribution in [-0.2, 0) is 4.79 Å². The molecule has 1 aromatic rings. The van der Waals surface area contributed by atoms with E-state index in [2.05, 4.69) is 16.7 Å². The molecule has 6 heteroatoms. The molecule has 0 radical (unpaired) electrons. The van der Waals surface area contributed by atoms with Crippen molar-refractivity contribution >= 4 is 41.7 Å². The van der Waals surface area contributed by atoms with Gasteiger partial charge in [-0.3, -0.25) is 4.79 Å². The maximum absolute atomic E-state index is 12.7. The van der Waals surface area contributed by atoms with Crippen LogP contribution in [0.4, 0.5) is 0 Å². The number of carbonyl (C=O) groups is 1. The van der Waals surface area contributed by atoms with E-state index in [4.69, 9.17) is 11.6 Å². The van der Waals surface area contributed by atoms with E-state index in [1.807, 2.05) is 23.9 Å². The summed E-state index contributed by atoms with van der Waals surface area (Å²) in [4.78, 5) is 13.9. The van der Waals surface area contributed by atoms with Crippen molar-refractivity contribution < 1.29 is 4.79 Å². The van der Waals surface area contributed by atoms with Crippen LogP contribution in [0.2, 0.25) is 5.02 Å². The third kappa shape index (κ3) is 3.37. The minimum atomic E-state index is 0. The summed E-state index contributed by atoms with van der Waals surface area (Å²) in [7, 11) is 0. The molecule has 23 heavy (non-hydrogen) atoms. The number of piperidine rings is 1. The van der Waals surface area contributed by atoms with E-state index in [0.29, 0.717) is 5.41 Å². The topological polar surface area (TPSA) is 41.1 Å². The van der Waals surface area contributed by atoms with E-state index in [9.17, 15) is 4.79 Å². The van der Waals surface area contributed by atoms with Crippen molar-refractivity contribution in [3.05, 3.63) is 28.8 Å². The van der Waals surface area contributed by atoms with Crippen molar-refractivity contribution in [3.8, 4) is 0 Å². The van der Waals surface area contributed by atoms with Crippen LogP contribution in [0.15, 0.2) is 23.1 Å². The Hall–Kier alpha value is -0.420. The second-order valence-corrected chi connectivity index (χ2v) is 8.32. The number of benzene rings is 1. The molecule has 1 saturated carbocycles. The Morgan fingerprint density at radius 1 is 1.35 bits per heavy atom. The molecular weight excluding hydrogens is 351 g/mol. The van der Waals surface area contributed by atoms with Gasteiger partial charge in [0.25, 0.3) is 0 Å². The SMILES string of the molecule is Cl.O=C(NC1CCSc2ccc(Cl)cc21)C1CC12CCNCC2. The smallest absolute Gasteiger partial charge is 0.224 e. The molecule has 1 spiro atoms. The number of nitrogens with one attached hydrogen (secondary N) is 2. The van der Waals surface area contributed by atoms with Crippen molar-refractivity contribution in [1.29, 1.82) is 0 Å². The minimum absolute atomic E-state index is 0. The van der Waals surface area contributed by atoms with Crippen molar-refractivity contribution in [2.24, 2.45) is 11.3 Å². The fraction of sp³-hybridized carbons (Fsp3) is 0.588. The molecule has 1 saturated heterocycles. The third-order valence-corrected chi connectivity index (χ3v) is 6.79. The van der Waals surface area contributed by atoms with Gasteiger partial charge in [0.2, 0.25) is 5.91 Å². The fourth-order valence-electron chi connectivity index (χ4n) is 3.98. The first-order valence-electron chi connectivity index (χ1n) is 8.11. The summed E-state index contributed by atoms with van der Waals surface area (Å²) >= 11 is 8.00. The standard InChI is InChI=1S/C17H21ClN2OS.ClH/c18-11-1-2-15-12(9-11)14(3-8-22-15)20-16(21)13-10-17(13)4-6-19-7-5-17;/h1-2,9,13-14,19H,3-8,10H2,(H,20,21);1H. The van der Waals surface area contributed by atoms with Crippen molar-refractivity contribution in [2.45, 2.75) is 36.6 Å². The molecule has 2 unspecified atom stereocenters. The van der Waals surface area contributed by atoms with Gasteiger partial charge in [0.15, 0.2) is 0 Å². The number of rotatable bonds is 2. The van der Waals surface area contributed by atoms with Crippen LogP contribution in [0.5, 0.6) is 0 Å². The van der Waals surface area contributed by atoms with Gasteiger partial charge in [-0.2, -0.15) is 0 Å². The summed E-state index contributed by atoms with van der Waals surface area (Å²) in [6, 6.07) is 6.15. The van der Waals surface area contributed by atoms with E-state index in [1.54, 1.807) is 0 Å². The van der Waals surface area contributed by atoms with E-state index < -0.39 is 0 Å². The van der Waals surface area contributed by atoms with Crippen LogP contribution in [0, 0.1) is 11.3 Å². The molecule has 0 aromatic heterocycles. The number of carbonyl (C=O) groups excluding carboxylic acids is 1. The molecule has 1 aromatic carbocycles. The summed E-state index contributed by atoms with van der Waals surface area (Å²) in [5, 5.41) is 7.45. The highest BCUT2D eigenvalue weighted by atomic mass is 35.5. The van der Waals surface area contributed by atoms with E-state index in [0.717, 1.165) is 49.5 Å². The summed E-state index contributed by atoms with van der Waals surface area (Å²) in [5.41, 5.74) is 1.49. The molecule has 0 bridgehead atoms. The van der Waals surface area contributed by atoms with Crippen LogP contribution in [0.1, 0.15) is 37.3 Å². The molecule has 126 valence electrons. The second-order valence-electron chi connectivity index (χ2n) is 6.75. The lowest BCUT2D eigenvalue weighted by molar-refractivity contribution is -0.124. The van der Waals surface area contributed by atoms with Gasteiger partial charge in [0.1, 0.15) is 0 Å². The lowest BCUT2D eigenvalue weighted by atomic mass is 9.91. The summed E-state index contributed by atoms with van der Waals surface area (Å²) < 4.78 is 0. The van der Waals surface area contributed by atoms with Gasteiger partial charge in [-0.25, -0.2) is 0 Å². The molecule has 1 amide bonds. The largest absolute Gasteiger partial charge is 0.349 e. The molecule has 2 N–H and O–H groups in total. The summed E-state index contributed by atoms with van der Waals surface area (Å²) in [6.45, 7) is 2.12. The van der Waals surface area contributed by atoms with Crippen LogP contribution in [0.3, 0.4) is 0 Å². The van der Waals surface area contributed by atoms with Gasteiger partial charge in [0.05, 0.1) is 6.04 Å². The normalized spacial score (nSPS) is 27.7. The number of hydrogen-bond donors (Lipinski definition) is 2. The van der Waals surface area contributed by atoms with Gasteiger partial charge in [-0.15, -0.1) is 24.2 Å². The molecule has 3 aliphatic rings. The lowest BCUT2D eigenvalue weighted by Gasteiger charge is -2.27. The Morgan fingerprint density at radius 3 is 2.91 bits per heavy atom. The number of halogens is 2. The zero-order chi connectivity index (χ0) is 15.2. The van der Waals surface area contributed by atoms with Gasteiger partial charge < -0.3 is 10.6 Å². The Morgan fingerprint density at radius 2 is 2.13 bits per heavy atom. The van der Waals surface area contributed by atoms with Crippen molar-refractivity contribution in [2.75, 3.05) is 18.8 Å². The predicted octanol–water partition coefficient (Wildman–Crippen LogP) is 3.80. The average molecular weight is 373 g/mol. The molecule has 3 nitrogen and oxygen atoms in total. The maximum Gasteiger partial charge on any atom is 0.224 e. The molecular formula is C17H22Cl2N2OS. The van der Waals surface area contributed by atoms with E-state index in [1.165, 1.54) is 10.5 Å². The average Bonchev–Trinajstić information content (AvgIpc) is 3.22. The highest BCUT2D eigenvalue weighted by Crippen LogP contribution is 2.58. The van der Waals surface area contributed by atoms with Gasteiger partial charge in [-0.05, 0) is 68.0 Å². The molecule has 2 atom stereocenters. The zero-order valence-electron chi connectivity index (χ0n) is 12.9. The monoisotopic (exact) mass is 372 g/mol. The Kier molecular flexibility index (Phi) is 5.17. The number of hydrogen-bond acceptors (Lipinski definition) is 3. The molecule has 2 heterocycles. The third-order valence-electron chi connectivity index (χ3n) is 5.43. The van der Waals surface area contributed by atoms with Crippen LogP contribution in [0.25, 0.3) is 0 Å². The van der Waals surface area contributed by atoms with Gasteiger partial charge >= 0.3 is 0 Å². The van der Waals surface area contributed by atoms with Crippen molar-refractivity contribution in [3.63, 3.8) is 0 Å². The van der Waals surface area contributed by atoms with Gasteiger partial charge in [0, 0.05) is 21.6 Å². The minimum Gasteiger partial charge on any atom is -0.349 e. The van der Waals surface area contributed by atoms with Crippen LogP contribution in [-0.4, -0.2) is 24.7 Å². The lowest BCUT2D eigenvalue weighted by Crippen LogP contribution is -2.36. The zero-order valence-corrected chi connectivity index (χ0v) is 15.3. The van der Waals surface area contributed by atoms with Gasteiger partial charge in [-0.1, -0.05) is 11.6 Å². The highest BCUT2D eigenvalue weighted by molar-refractivity contribution is 7.99. The first-order valence-corrected chi connectivity index (χ1v) is 9.48. The Bertz CT molecular complexity index is 604. The highest BCUT2D eigenvalue weighted by Gasteiger charge is 2.57. The fourth-order valence-corrected chi connectivity index (χ4v) is 5.27. The molecule has 2 fully saturated rings. The quantitative estimate of drug-likeness (QED) is 0.829. The summed E-state index contributed by atoms with van der Waals surface area (Å²) in [5.74, 6) is 1.54. The number of amides is 1. The van der Waals surface area contributed by atoms with Crippen LogP contribution >= 0.6 is 35.8 Å². The van der Waals surface area contributed by atoms with Crippen LogP contribution < -0.4 is 10.6 Å². The maximum atomic E-state index is 12.7. The van der Waals surface area contributed by atoms with Crippen molar-refractivity contribution in [1.82, 2.24) is 10.6 Å². The molecule has 4 rings (SSSR count).